The van der Waals surface area contributed by atoms with Crippen molar-refractivity contribution in [3.8, 4) is 6.01 Å². The molecule has 0 spiro atoms. The molecule has 0 saturated carbocycles. The lowest BCUT2D eigenvalue weighted by Gasteiger charge is -2.31. The van der Waals surface area contributed by atoms with Crippen molar-refractivity contribution in [1.82, 2.24) is 15.0 Å². The summed E-state index contributed by atoms with van der Waals surface area (Å²) in [4.78, 5) is 15.3. The van der Waals surface area contributed by atoms with Gasteiger partial charge in [0.05, 0.1) is 7.11 Å². The first kappa shape index (κ1) is 14.8. The maximum absolute atomic E-state index is 5.18. The van der Waals surface area contributed by atoms with E-state index in [1.807, 2.05) is 0 Å². The van der Waals surface area contributed by atoms with E-state index in [1.165, 1.54) is 19.3 Å². The van der Waals surface area contributed by atoms with Crippen LogP contribution in [0.1, 0.15) is 39.5 Å². The van der Waals surface area contributed by atoms with E-state index < -0.39 is 0 Å². The number of piperidine rings is 1. The van der Waals surface area contributed by atoms with Gasteiger partial charge in [-0.2, -0.15) is 15.0 Å². The second kappa shape index (κ2) is 7.26. The van der Waals surface area contributed by atoms with Gasteiger partial charge < -0.3 is 15.0 Å². The van der Waals surface area contributed by atoms with Gasteiger partial charge in [0.1, 0.15) is 0 Å². The molecule has 1 N–H and O–H groups in total. The highest BCUT2D eigenvalue weighted by Crippen LogP contribution is 2.24. The Hall–Kier alpha value is -1.59. The number of ether oxygens (including phenoxy) is 1. The van der Waals surface area contributed by atoms with E-state index in [-0.39, 0.29) is 0 Å². The zero-order chi connectivity index (χ0) is 14.4. The van der Waals surface area contributed by atoms with Crippen LogP contribution in [0.25, 0.3) is 0 Å². The molecular weight excluding hydrogens is 254 g/mol. The minimum atomic E-state index is 0.381. The lowest BCUT2D eigenvalue weighted by Crippen LogP contribution is -2.35. The molecule has 0 bridgehead atoms. The van der Waals surface area contributed by atoms with E-state index in [0.29, 0.717) is 12.0 Å². The summed E-state index contributed by atoms with van der Waals surface area (Å²) in [6.07, 6.45) is 4.72. The third-order valence-electron chi connectivity index (χ3n) is 3.79. The van der Waals surface area contributed by atoms with Gasteiger partial charge in [-0.3, -0.25) is 0 Å². The van der Waals surface area contributed by atoms with Gasteiger partial charge in [-0.25, -0.2) is 0 Å². The second-order valence-electron chi connectivity index (χ2n) is 5.21. The van der Waals surface area contributed by atoms with Crippen LogP contribution in [-0.2, 0) is 0 Å². The summed E-state index contributed by atoms with van der Waals surface area (Å²) in [6.45, 7) is 7.25. The van der Waals surface area contributed by atoms with Crippen molar-refractivity contribution in [2.24, 2.45) is 5.92 Å². The Kier molecular flexibility index (Phi) is 5.38. The van der Waals surface area contributed by atoms with Gasteiger partial charge in [0.25, 0.3) is 0 Å². The van der Waals surface area contributed by atoms with Crippen molar-refractivity contribution in [2.45, 2.75) is 39.5 Å². The van der Waals surface area contributed by atoms with Crippen LogP contribution in [0.15, 0.2) is 0 Å². The van der Waals surface area contributed by atoms with Gasteiger partial charge >= 0.3 is 6.01 Å². The summed E-state index contributed by atoms with van der Waals surface area (Å²) < 4.78 is 5.18. The van der Waals surface area contributed by atoms with E-state index in [2.05, 4.69) is 39.0 Å². The molecule has 2 rings (SSSR count). The smallest absolute Gasteiger partial charge is 0.322 e. The number of rotatable bonds is 6. The number of nitrogens with one attached hydrogen (secondary N) is 1. The van der Waals surface area contributed by atoms with Crippen molar-refractivity contribution in [1.29, 1.82) is 0 Å². The Morgan fingerprint density at radius 1 is 1.20 bits per heavy atom. The quantitative estimate of drug-likeness (QED) is 0.862. The van der Waals surface area contributed by atoms with Crippen molar-refractivity contribution in [2.75, 3.05) is 37.0 Å². The average molecular weight is 279 g/mol. The standard InChI is InChI=1S/C14H25N5O/c1-4-8-15-12-16-13(18-14(17-12)20-3)19-9-6-11(5-2)7-10-19/h11H,4-10H2,1-3H3,(H,15,16,17,18). The fourth-order valence-electron chi connectivity index (χ4n) is 2.44. The van der Waals surface area contributed by atoms with Crippen molar-refractivity contribution < 1.29 is 4.74 Å². The van der Waals surface area contributed by atoms with E-state index in [9.17, 15) is 0 Å². The number of hydrogen-bond donors (Lipinski definition) is 1. The van der Waals surface area contributed by atoms with E-state index in [1.54, 1.807) is 7.11 Å². The molecule has 2 heterocycles. The first-order valence-corrected chi connectivity index (χ1v) is 7.55. The molecule has 0 atom stereocenters. The Morgan fingerprint density at radius 3 is 2.55 bits per heavy atom. The number of aromatic nitrogens is 3. The lowest BCUT2D eigenvalue weighted by atomic mass is 9.95. The molecule has 1 fully saturated rings. The average Bonchev–Trinajstić information content (AvgIpc) is 2.52. The second-order valence-corrected chi connectivity index (χ2v) is 5.21. The van der Waals surface area contributed by atoms with Crippen molar-refractivity contribution in [3.05, 3.63) is 0 Å². The van der Waals surface area contributed by atoms with Crippen molar-refractivity contribution >= 4 is 11.9 Å². The molecule has 112 valence electrons. The highest BCUT2D eigenvalue weighted by Gasteiger charge is 2.21. The van der Waals surface area contributed by atoms with Gasteiger partial charge in [0.2, 0.25) is 11.9 Å². The summed E-state index contributed by atoms with van der Waals surface area (Å²) in [5, 5.41) is 3.20. The molecule has 1 saturated heterocycles. The molecule has 0 aliphatic carbocycles. The van der Waals surface area contributed by atoms with Gasteiger partial charge in [0.15, 0.2) is 0 Å². The Bertz CT molecular complexity index is 418. The van der Waals surface area contributed by atoms with Crippen LogP contribution in [0.3, 0.4) is 0 Å². The van der Waals surface area contributed by atoms with Crippen LogP contribution in [0.4, 0.5) is 11.9 Å². The maximum atomic E-state index is 5.18. The number of hydrogen-bond acceptors (Lipinski definition) is 6. The largest absolute Gasteiger partial charge is 0.467 e. The number of anilines is 2. The first-order valence-electron chi connectivity index (χ1n) is 7.55. The molecule has 0 aromatic carbocycles. The lowest BCUT2D eigenvalue weighted by molar-refractivity contribution is 0.372. The van der Waals surface area contributed by atoms with Crippen LogP contribution in [0.2, 0.25) is 0 Å². The zero-order valence-electron chi connectivity index (χ0n) is 12.7. The van der Waals surface area contributed by atoms with Gasteiger partial charge in [-0.05, 0) is 25.2 Å². The fraction of sp³-hybridized carbons (Fsp3) is 0.786. The monoisotopic (exact) mass is 279 g/mol. The molecule has 1 aromatic rings. The molecule has 0 radical (unpaired) electrons. The van der Waals surface area contributed by atoms with E-state index >= 15 is 0 Å². The van der Waals surface area contributed by atoms with Crippen LogP contribution in [0.5, 0.6) is 6.01 Å². The molecular formula is C14H25N5O. The molecule has 6 nitrogen and oxygen atoms in total. The molecule has 0 unspecified atom stereocenters. The maximum Gasteiger partial charge on any atom is 0.322 e. The Morgan fingerprint density at radius 2 is 1.95 bits per heavy atom. The molecule has 1 aromatic heterocycles. The molecule has 1 aliphatic heterocycles. The minimum absolute atomic E-state index is 0.381. The first-order chi connectivity index (χ1) is 9.76. The van der Waals surface area contributed by atoms with Gasteiger partial charge in [-0.1, -0.05) is 20.3 Å². The topological polar surface area (TPSA) is 63.2 Å². The summed E-state index contributed by atoms with van der Waals surface area (Å²) in [5.74, 6) is 2.17. The zero-order valence-corrected chi connectivity index (χ0v) is 12.7. The number of nitrogens with zero attached hydrogens (tertiary/aromatic N) is 4. The third-order valence-corrected chi connectivity index (χ3v) is 3.79. The predicted octanol–water partition coefficient (Wildman–Crippen LogP) is 2.33. The van der Waals surface area contributed by atoms with Gasteiger partial charge in [-0.15, -0.1) is 0 Å². The highest BCUT2D eigenvalue weighted by atomic mass is 16.5. The molecule has 0 amide bonds. The molecule has 6 heteroatoms. The fourth-order valence-corrected chi connectivity index (χ4v) is 2.44. The van der Waals surface area contributed by atoms with Crippen LogP contribution >= 0.6 is 0 Å². The third kappa shape index (κ3) is 3.71. The Labute approximate surface area is 121 Å². The summed E-state index contributed by atoms with van der Waals surface area (Å²) in [7, 11) is 1.59. The van der Waals surface area contributed by atoms with Crippen LogP contribution in [0, 0.1) is 5.92 Å². The normalized spacial score (nSPS) is 16.2. The highest BCUT2D eigenvalue weighted by molar-refractivity contribution is 5.38. The Balaban J connectivity index is 2.10. The number of methoxy groups -OCH3 is 1. The van der Waals surface area contributed by atoms with Crippen molar-refractivity contribution in [3.63, 3.8) is 0 Å². The van der Waals surface area contributed by atoms with Crippen LogP contribution < -0.4 is 15.0 Å². The molecule has 20 heavy (non-hydrogen) atoms. The summed E-state index contributed by atoms with van der Waals surface area (Å²) in [6, 6.07) is 0.381. The van der Waals surface area contributed by atoms with Gasteiger partial charge in [0, 0.05) is 19.6 Å². The van der Waals surface area contributed by atoms with E-state index in [4.69, 9.17) is 4.74 Å². The van der Waals surface area contributed by atoms with E-state index in [0.717, 1.165) is 37.9 Å². The molecule has 1 aliphatic rings. The van der Waals surface area contributed by atoms with Crippen LogP contribution in [-0.4, -0.2) is 41.7 Å². The summed E-state index contributed by atoms with van der Waals surface area (Å²) >= 11 is 0. The minimum Gasteiger partial charge on any atom is -0.467 e. The SMILES string of the molecule is CCCNc1nc(OC)nc(N2CCC(CC)CC2)n1. The predicted molar refractivity (Wildman–Crippen MR) is 80.4 cm³/mol. The summed E-state index contributed by atoms with van der Waals surface area (Å²) in [5.41, 5.74) is 0.